The molecule has 0 saturated heterocycles. The third kappa shape index (κ3) is 2.72. The summed E-state index contributed by atoms with van der Waals surface area (Å²) in [5, 5.41) is 2.08. The Hall–Kier alpha value is -1.65. The third-order valence-corrected chi connectivity index (χ3v) is 2.79. The lowest BCUT2D eigenvalue weighted by atomic mass is 10.0. The van der Waals surface area contributed by atoms with Gasteiger partial charge in [0.2, 0.25) is 0 Å². The zero-order chi connectivity index (χ0) is 12.3. The van der Waals surface area contributed by atoms with Crippen molar-refractivity contribution in [1.82, 2.24) is 0 Å². The number of hydrogen-bond donors (Lipinski definition) is 1. The maximum absolute atomic E-state index is 10.6. The minimum atomic E-state index is -2.30. The lowest BCUT2D eigenvalue weighted by Gasteiger charge is -2.07. The SMILES string of the molecule is C=CCc1cc(OS(=O)O)cc2ccccc12. The quantitative estimate of drug-likeness (QED) is 0.668. The van der Waals surface area contributed by atoms with Gasteiger partial charge in [-0.05, 0) is 34.9 Å². The van der Waals surface area contributed by atoms with E-state index in [9.17, 15) is 4.21 Å². The van der Waals surface area contributed by atoms with Gasteiger partial charge >= 0.3 is 11.4 Å². The molecule has 3 nitrogen and oxygen atoms in total. The van der Waals surface area contributed by atoms with Crippen LogP contribution in [0.1, 0.15) is 5.56 Å². The van der Waals surface area contributed by atoms with Gasteiger partial charge in [-0.25, -0.2) is 0 Å². The molecule has 1 N–H and O–H groups in total. The first-order chi connectivity index (χ1) is 8.20. The van der Waals surface area contributed by atoms with Gasteiger partial charge in [-0.1, -0.05) is 30.3 Å². The lowest BCUT2D eigenvalue weighted by molar-refractivity contribution is 0.458. The minimum absolute atomic E-state index is 0.390. The first-order valence-electron chi connectivity index (χ1n) is 5.12. The second-order valence-electron chi connectivity index (χ2n) is 3.60. The molecule has 0 aliphatic heterocycles. The van der Waals surface area contributed by atoms with Crippen molar-refractivity contribution in [3.8, 4) is 5.75 Å². The molecule has 17 heavy (non-hydrogen) atoms. The van der Waals surface area contributed by atoms with Crippen LogP contribution in [0.3, 0.4) is 0 Å². The van der Waals surface area contributed by atoms with E-state index in [0.29, 0.717) is 12.2 Å². The molecule has 0 fully saturated rings. The van der Waals surface area contributed by atoms with Crippen LogP contribution >= 0.6 is 0 Å². The molecule has 0 saturated carbocycles. The van der Waals surface area contributed by atoms with Crippen molar-refractivity contribution in [3.05, 3.63) is 54.6 Å². The molecule has 0 heterocycles. The Balaban J connectivity index is 2.57. The van der Waals surface area contributed by atoms with Crippen molar-refractivity contribution in [2.75, 3.05) is 0 Å². The fourth-order valence-electron chi connectivity index (χ4n) is 1.81. The van der Waals surface area contributed by atoms with Gasteiger partial charge in [0.1, 0.15) is 5.75 Å². The van der Waals surface area contributed by atoms with E-state index < -0.39 is 11.4 Å². The summed E-state index contributed by atoms with van der Waals surface area (Å²) in [7, 11) is 0. The molecule has 1 unspecified atom stereocenters. The molecule has 0 bridgehead atoms. The van der Waals surface area contributed by atoms with Gasteiger partial charge in [0, 0.05) is 0 Å². The normalized spacial score (nSPS) is 12.3. The fraction of sp³-hybridized carbons (Fsp3) is 0.0769. The molecule has 0 spiro atoms. The van der Waals surface area contributed by atoms with Crippen LogP contribution in [0.4, 0.5) is 0 Å². The molecule has 0 aliphatic carbocycles. The van der Waals surface area contributed by atoms with E-state index in [1.807, 2.05) is 24.3 Å². The highest BCUT2D eigenvalue weighted by Crippen LogP contribution is 2.26. The Labute approximate surface area is 102 Å². The molecule has 88 valence electrons. The Bertz CT molecular complexity index is 578. The summed E-state index contributed by atoms with van der Waals surface area (Å²) in [4.78, 5) is 0. The number of allylic oxidation sites excluding steroid dienone is 1. The molecule has 0 aromatic heterocycles. The van der Waals surface area contributed by atoms with Gasteiger partial charge in [-0.2, -0.15) is 4.21 Å². The average molecular weight is 248 g/mol. The number of hydrogen-bond acceptors (Lipinski definition) is 2. The molecular formula is C13H12O3S. The summed E-state index contributed by atoms with van der Waals surface area (Å²) in [6.07, 6.45) is 2.48. The Morgan fingerprint density at radius 2 is 2.12 bits per heavy atom. The van der Waals surface area contributed by atoms with Crippen molar-refractivity contribution < 1.29 is 12.9 Å². The summed E-state index contributed by atoms with van der Waals surface area (Å²) in [5.41, 5.74) is 1.03. The molecule has 0 radical (unpaired) electrons. The van der Waals surface area contributed by atoms with Crippen molar-refractivity contribution in [2.24, 2.45) is 0 Å². The summed E-state index contributed by atoms with van der Waals surface area (Å²) in [6, 6.07) is 11.3. The molecule has 2 rings (SSSR count). The second kappa shape index (κ2) is 5.12. The van der Waals surface area contributed by atoms with Gasteiger partial charge < -0.3 is 4.18 Å². The van der Waals surface area contributed by atoms with Crippen LogP contribution in [0, 0.1) is 0 Å². The van der Waals surface area contributed by atoms with E-state index in [1.54, 1.807) is 18.2 Å². The predicted octanol–water partition coefficient (Wildman–Crippen LogP) is 3.08. The van der Waals surface area contributed by atoms with Crippen molar-refractivity contribution in [2.45, 2.75) is 6.42 Å². The largest absolute Gasteiger partial charge is 0.380 e. The molecule has 1 atom stereocenters. The standard InChI is InChI=1S/C13H12O3S/c1-2-5-10-8-12(16-17(14)15)9-11-6-3-4-7-13(10)11/h2-4,6-9H,1,5H2,(H,14,15). The monoisotopic (exact) mass is 248 g/mol. The fourth-order valence-corrected chi connectivity index (χ4v) is 2.08. The molecule has 2 aromatic rings. The number of fused-ring (bicyclic) bond motifs is 1. The Morgan fingerprint density at radius 1 is 1.35 bits per heavy atom. The highest BCUT2D eigenvalue weighted by Gasteiger charge is 2.05. The summed E-state index contributed by atoms with van der Waals surface area (Å²) < 4.78 is 24.2. The van der Waals surface area contributed by atoms with Crippen LogP contribution in [-0.2, 0) is 17.8 Å². The molecule has 0 amide bonds. The molecule has 4 heteroatoms. The summed E-state index contributed by atoms with van der Waals surface area (Å²) in [5.74, 6) is 0.390. The summed E-state index contributed by atoms with van der Waals surface area (Å²) in [6.45, 7) is 3.70. The third-order valence-electron chi connectivity index (χ3n) is 2.45. The summed E-state index contributed by atoms with van der Waals surface area (Å²) >= 11 is -2.30. The minimum Gasteiger partial charge on any atom is -0.380 e. The van der Waals surface area contributed by atoms with Crippen molar-refractivity contribution in [3.63, 3.8) is 0 Å². The van der Waals surface area contributed by atoms with Crippen molar-refractivity contribution >= 4 is 22.1 Å². The van der Waals surface area contributed by atoms with E-state index in [4.69, 9.17) is 8.74 Å². The smallest absolute Gasteiger partial charge is 0.357 e. The number of benzene rings is 2. The lowest BCUT2D eigenvalue weighted by Crippen LogP contribution is -1.98. The molecule has 2 aromatic carbocycles. The van der Waals surface area contributed by atoms with Gasteiger partial charge in [-0.3, -0.25) is 4.55 Å². The van der Waals surface area contributed by atoms with E-state index >= 15 is 0 Å². The zero-order valence-corrected chi connectivity index (χ0v) is 9.94. The van der Waals surface area contributed by atoms with Crippen LogP contribution in [0.15, 0.2) is 49.1 Å². The number of rotatable bonds is 4. The second-order valence-corrected chi connectivity index (χ2v) is 4.20. The van der Waals surface area contributed by atoms with Crippen LogP contribution in [0.25, 0.3) is 10.8 Å². The highest BCUT2D eigenvalue weighted by atomic mass is 32.2. The van der Waals surface area contributed by atoms with Crippen LogP contribution < -0.4 is 4.18 Å². The first kappa shape index (κ1) is 11.8. The first-order valence-corrected chi connectivity index (χ1v) is 6.15. The topological polar surface area (TPSA) is 46.5 Å². The highest BCUT2D eigenvalue weighted by molar-refractivity contribution is 7.74. The van der Waals surface area contributed by atoms with Crippen LogP contribution in [0.2, 0.25) is 0 Å². The maximum atomic E-state index is 10.6. The maximum Gasteiger partial charge on any atom is 0.357 e. The molecule has 0 aliphatic rings. The molecular weight excluding hydrogens is 236 g/mol. The van der Waals surface area contributed by atoms with Gasteiger partial charge in [0.15, 0.2) is 0 Å². The van der Waals surface area contributed by atoms with Gasteiger partial charge in [0.25, 0.3) is 0 Å². The van der Waals surface area contributed by atoms with Gasteiger partial charge in [0.05, 0.1) is 0 Å². The van der Waals surface area contributed by atoms with Crippen molar-refractivity contribution in [1.29, 1.82) is 0 Å². The predicted molar refractivity (Wildman–Crippen MR) is 69.2 cm³/mol. The van der Waals surface area contributed by atoms with E-state index in [-0.39, 0.29) is 0 Å². The van der Waals surface area contributed by atoms with E-state index in [2.05, 4.69) is 6.58 Å². The Kier molecular flexibility index (Phi) is 3.56. The van der Waals surface area contributed by atoms with Crippen LogP contribution in [-0.4, -0.2) is 8.76 Å². The van der Waals surface area contributed by atoms with E-state index in [0.717, 1.165) is 16.3 Å². The zero-order valence-electron chi connectivity index (χ0n) is 9.13. The van der Waals surface area contributed by atoms with Crippen LogP contribution in [0.5, 0.6) is 5.75 Å². The Morgan fingerprint density at radius 3 is 2.82 bits per heavy atom. The van der Waals surface area contributed by atoms with Gasteiger partial charge in [-0.15, -0.1) is 6.58 Å². The average Bonchev–Trinajstić information content (AvgIpc) is 2.28. The van der Waals surface area contributed by atoms with E-state index in [1.165, 1.54) is 0 Å².